The molecule has 0 aliphatic carbocycles. The van der Waals surface area contributed by atoms with Crippen molar-refractivity contribution in [1.29, 1.82) is 0 Å². The summed E-state index contributed by atoms with van der Waals surface area (Å²) in [4.78, 5) is -0.431. The van der Waals surface area contributed by atoms with Crippen LogP contribution in [0.25, 0.3) is 0 Å². The van der Waals surface area contributed by atoms with Crippen LogP contribution in [0, 0.1) is 18.7 Å². The Morgan fingerprint density at radius 2 is 2.05 bits per heavy atom. The molecule has 0 fully saturated rings. The van der Waals surface area contributed by atoms with E-state index >= 15 is 0 Å². The maximum atomic E-state index is 14.0. The summed E-state index contributed by atoms with van der Waals surface area (Å²) in [6, 6.07) is 2.51. The van der Waals surface area contributed by atoms with Gasteiger partial charge in [0.05, 0.1) is 0 Å². The maximum absolute atomic E-state index is 14.0. The van der Waals surface area contributed by atoms with E-state index in [9.17, 15) is 12.8 Å². The van der Waals surface area contributed by atoms with Crippen LogP contribution >= 0.6 is 0 Å². The van der Waals surface area contributed by atoms with Crippen LogP contribution in [-0.2, 0) is 10.0 Å². The highest BCUT2D eigenvalue weighted by Gasteiger charge is 2.22. The molecule has 0 aliphatic heterocycles. The van der Waals surface area contributed by atoms with Crippen LogP contribution in [0.2, 0.25) is 0 Å². The lowest BCUT2D eigenvalue weighted by Gasteiger charge is -2.16. The van der Waals surface area contributed by atoms with Crippen molar-refractivity contribution in [3.63, 3.8) is 0 Å². The van der Waals surface area contributed by atoms with Gasteiger partial charge in [-0.3, -0.25) is 0 Å². The second-order valence-corrected chi connectivity index (χ2v) is 6.90. The molecule has 0 heterocycles. The third kappa shape index (κ3) is 4.94. The first-order chi connectivity index (χ1) is 9.81. The molecule has 0 radical (unpaired) electrons. The number of hydrogen-bond donors (Lipinski definition) is 3. The quantitative estimate of drug-likeness (QED) is 0.637. The molecule has 1 aromatic carbocycles. The lowest BCUT2D eigenvalue weighted by Crippen LogP contribution is -2.30. The number of halogens is 1. The maximum Gasteiger partial charge on any atom is 0.243 e. The molecule has 0 saturated carbocycles. The second-order valence-electron chi connectivity index (χ2n) is 5.17. The van der Waals surface area contributed by atoms with E-state index < -0.39 is 20.7 Å². The number of aliphatic hydroxyl groups is 1. The highest BCUT2D eigenvalue weighted by molar-refractivity contribution is 7.89. The highest BCUT2D eigenvalue weighted by Crippen LogP contribution is 2.22. The Bertz CT molecular complexity index is 570. The second kappa shape index (κ2) is 7.72. The number of aryl methyl sites for hydroxylation is 1. The van der Waals surface area contributed by atoms with Gasteiger partial charge in [-0.15, -0.1) is 0 Å². The third-order valence-corrected chi connectivity index (χ3v) is 4.75. The molecule has 0 aliphatic rings. The zero-order valence-electron chi connectivity index (χ0n) is 12.4. The monoisotopic (exact) mass is 318 g/mol. The number of hydrogen-bond acceptors (Lipinski definition) is 4. The molecular weight excluding hydrogens is 295 g/mol. The Kier molecular flexibility index (Phi) is 6.57. The molecule has 5 nitrogen and oxygen atoms in total. The van der Waals surface area contributed by atoms with Crippen LogP contribution in [-0.4, -0.2) is 26.7 Å². The molecule has 4 N–H and O–H groups in total. The van der Waals surface area contributed by atoms with Gasteiger partial charge in [0, 0.05) is 18.8 Å². The minimum Gasteiger partial charge on any atom is -0.399 e. The van der Waals surface area contributed by atoms with Crippen molar-refractivity contribution < 1.29 is 17.9 Å². The summed E-state index contributed by atoms with van der Waals surface area (Å²) in [5.74, 6) is -0.758. The first-order valence-corrected chi connectivity index (χ1v) is 8.46. The number of nitrogen functional groups attached to an aromatic ring is 1. The Morgan fingerprint density at radius 3 is 2.62 bits per heavy atom. The van der Waals surface area contributed by atoms with E-state index in [1.807, 2.05) is 6.92 Å². The summed E-state index contributed by atoms with van der Waals surface area (Å²) in [6.07, 6.45) is 2.19. The van der Waals surface area contributed by atoms with Crippen LogP contribution < -0.4 is 10.5 Å². The van der Waals surface area contributed by atoms with Crippen LogP contribution in [0.5, 0.6) is 0 Å². The topological polar surface area (TPSA) is 92.4 Å². The van der Waals surface area contributed by atoms with Crippen molar-refractivity contribution in [2.75, 3.05) is 18.9 Å². The third-order valence-electron chi connectivity index (χ3n) is 3.33. The summed E-state index contributed by atoms with van der Waals surface area (Å²) in [5.41, 5.74) is 5.98. The summed E-state index contributed by atoms with van der Waals surface area (Å²) in [5, 5.41) is 8.97. The normalized spacial score (nSPS) is 13.3. The standard InChI is InChI=1S/C14H23FN2O3S/c1-3-4-11(5-6-18)9-17-21(19,20)13-8-12(16)7-10(2)14(13)15/h7-8,11,17-18H,3-6,9,16H2,1-2H3. The van der Waals surface area contributed by atoms with Crippen molar-refractivity contribution in [2.24, 2.45) is 5.92 Å². The molecule has 0 aromatic heterocycles. The van der Waals surface area contributed by atoms with E-state index in [1.54, 1.807) is 0 Å². The zero-order chi connectivity index (χ0) is 16.0. The lowest BCUT2D eigenvalue weighted by molar-refractivity contribution is 0.251. The van der Waals surface area contributed by atoms with Gasteiger partial charge >= 0.3 is 0 Å². The number of nitrogens with one attached hydrogen (secondary N) is 1. The van der Waals surface area contributed by atoms with Gasteiger partial charge in [-0.05, 0) is 43.4 Å². The summed E-state index contributed by atoms with van der Waals surface area (Å²) >= 11 is 0. The molecular formula is C14H23FN2O3S. The van der Waals surface area contributed by atoms with Crippen molar-refractivity contribution >= 4 is 15.7 Å². The van der Waals surface area contributed by atoms with E-state index in [4.69, 9.17) is 10.8 Å². The van der Waals surface area contributed by atoms with E-state index in [0.29, 0.717) is 6.42 Å². The van der Waals surface area contributed by atoms with E-state index in [1.165, 1.54) is 13.0 Å². The van der Waals surface area contributed by atoms with E-state index in [-0.39, 0.29) is 30.3 Å². The molecule has 0 bridgehead atoms. The van der Waals surface area contributed by atoms with E-state index in [2.05, 4.69) is 4.72 Å². The van der Waals surface area contributed by atoms with Crippen molar-refractivity contribution in [2.45, 2.75) is 38.0 Å². The number of benzene rings is 1. The lowest BCUT2D eigenvalue weighted by atomic mass is 10.0. The van der Waals surface area contributed by atoms with Crippen LogP contribution in [0.4, 0.5) is 10.1 Å². The minimum absolute atomic E-state index is 0.00184. The Hall–Kier alpha value is -1.18. The number of sulfonamides is 1. The molecule has 0 saturated heterocycles. The molecule has 7 heteroatoms. The van der Waals surface area contributed by atoms with Gasteiger partial charge in [-0.1, -0.05) is 13.3 Å². The predicted octanol–water partition coefficient (Wildman–Crippen LogP) is 1.79. The fourth-order valence-corrected chi connectivity index (χ4v) is 3.50. The first-order valence-electron chi connectivity index (χ1n) is 6.98. The number of aliphatic hydroxyl groups excluding tert-OH is 1. The van der Waals surface area contributed by atoms with Crippen LogP contribution in [0.3, 0.4) is 0 Å². The molecule has 1 atom stereocenters. The smallest absolute Gasteiger partial charge is 0.243 e. The van der Waals surface area contributed by atoms with Gasteiger partial charge < -0.3 is 10.8 Å². The molecule has 1 aromatic rings. The largest absolute Gasteiger partial charge is 0.399 e. The average Bonchev–Trinajstić information content (AvgIpc) is 2.40. The Balaban J connectivity index is 2.91. The van der Waals surface area contributed by atoms with Gasteiger partial charge in [0.25, 0.3) is 0 Å². The molecule has 1 unspecified atom stereocenters. The number of anilines is 1. The van der Waals surface area contributed by atoms with Crippen molar-refractivity contribution in [1.82, 2.24) is 4.72 Å². The summed E-state index contributed by atoms with van der Waals surface area (Å²) < 4.78 is 40.8. The first kappa shape index (κ1) is 17.9. The molecule has 0 amide bonds. The van der Waals surface area contributed by atoms with Gasteiger partial charge in [-0.25, -0.2) is 17.5 Å². The van der Waals surface area contributed by atoms with Crippen LogP contribution in [0.15, 0.2) is 17.0 Å². The fourth-order valence-electron chi connectivity index (χ4n) is 2.20. The fraction of sp³-hybridized carbons (Fsp3) is 0.571. The number of nitrogens with two attached hydrogens (primary N) is 1. The molecule has 0 spiro atoms. The van der Waals surface area contributed by atoms with Crippen molar-refractivity contribution in [3.05, 3.63) is 23.5 Å². The van der Waals surface area contributed by atoms with E-state index in [0.717, 1.165) is 18.9 Å². The summed E-state index contributed by atoms with van der Waals surface area (Å²) in [7, 11) is -3.95. The molecule has 1 rings (SSSR count). The summed E-state index contributed by atoms with van der Waals surface area (Å²) in [6.45, 7) is 3.62. The number of rotatable bonds is 8. The molecule has 21 heavy (non-hydrogen) atoms. The van der Waals surface area contributed by atoms with Crippen molar-refractivity contribution in [3.8, 4) is 0 Å². The highest BCUT2D eigenvalue weighted by atomic mass is 32.2. The van der Waals surface area contributed by atoms with Gasteiger partial charge in [0.2, 0.25) is 10.0 Å². The Morgan fingerprint density at radius 1 is 1.38 bits per heavy atom. The predicted molar refractivity (Wildman–Crippen MR) is 80.8 cm³/mol. The Labute approximate surface area is 125 Å². The van der Waals surface area contributed by atoms with Gasteiger partial charge in [0.15, 0.2) is 0 Å². The van der Waals surface area contributed by atoms with Crippen LogP contribution in [0.1, 0.15) is 31.7 Å². The van der Waals surface area contributed by atoms with Gasteiger partial charge in [0.1, 0.15) is 10.7 Å². The zero-order valence-corrected chi connectivity index (χ0v) is 13.2. The minimum atomic E-state index is -3.95. The SMILES string of the molecule is CCCC(CCO)CNS(=O)(=O)c1cc(N)cc(C)c1F. The molecule has 120 valence electrons. The average molecular weight is 318 g/mol. The van der Waals surface area contributed by atoms with Gasteiger partial charge in [-0.2, -0.15) is 0 Å².